The average Bonchev–Trinajstić information content (AvgIpc) is 2.52. The first-order chi connectivity index (χ1) is 5.33. The van der Waals surface area contributed by atoms with Gasteiger partial charge in [0.15, 0.2) is 4.34 Å². The molecule has 0 bridgehead atoms. The van der Waals surface area contributed by atoms with E-state index in [2.05, 4.69) is 23.7 Å². The van der Waals surface area contributed by atoms with Gasteiger partial charge in [-0.2, -0.15) is 0 Å². The van der Waals surface area contributed by atoms with Crippen LogP contribution < -0.4 is 0 Å². The molecule has 0 spiro atoms. The van der Waals surface area contributed by atoms with E-state index in [1.807, 2.05) is 0 Å². The third-order valence-electron chi connectivity index (χ3n) is 1.24. The Morgan fingerprint density at radius 2 is 2.64 bits per heavy atom. The van der Waals surface area contributed by atoms with E-state index in [1.54, 1.807) is 28.6 Å². The zero-order chi connectivity index (χ0) is 8.10. The zero-order valence-electron chi connectivity index (χ0n) is 6.41. The molecular weight excluding hydrogens is 176 g/mol. The maximum Gasteiger partial charge on any atom is 0.174 e. The Bertz CT molecular complexity index is 218. The van der Waals surface area contributed by atoms with E-state index in [-0.39, 0.29) is 0 Å². The van der Waals surface area contributed by atoms with Crippen LogP contribution in [0.1, 0.15) is 13.3 Å². The summed E-state index contributed by atoms with van der Waals surface area (Å²) >= 11 is 3.28. The molecule has 0 aliphatic rings. The highest BCUT2D eigenvalue weighted by atomic mass is 32.2. The Hall–Kier alpha value is -0.350. The molecular formula is C7H10N2S2. The van der Waals surface area contributed by atoms with Gasteiger partial charge in [0.1, 0.15) is 5.51 Å². The molecule has 1 aromatic rings. The minimum atomic E-state index is 0.964. The summed E-state index contributed by atoms with van der Waals surface area (Å²) in [6.45, 7) is 6.02. The predicted octanol–water partition coefficient (Wildman–Crippen LogP) is 2.60. The van der Waals surface area contributed by atoms with Crippen molar-refractivity contribution in [2.75, 3.05) is 5.75 Å². The lowest BCUT2D eigenvalue weighted by molar-refractivity contribution is 1.01. The molecule has 0 saturated heterocycles. The van der Waals surface area contributed by atoms with Crippen LogP contribution in [-0.2, 0) is 0 Å². The second-order valence-corrected chi connectivity index (χ2v) is 4.15. The van der Waals surface area contributed by atoms with Crippen LogP contribution in [0.4, 0.5) is 0 Å². The average molecular weight is 186 g/mol. The second kappa shape index (κ2) is 4.51. The molecule has 0 atom stereocenters. The molecule has 11 heavy (non-hydrogen) atoms. The fourth-order valence-electron chi connectivity index (χ4n) is 0.492. The van der Waals surface area contributed by atoms with Gasteiger partial charge in [0.25, 0.3) is 0 Å². The number of rotatable bonds is 4. The van der Waals surface area contributed by atoms with E-state index in [1.165, 1.54) is 5.57 Å². The van der Waals surface area contributed by atoms with Crippen molar-refractivity contribution in [2.45, 2.75) is 17.7 Å². The lowest BCUT2D eigenvalue weighted by Crippen LogP contribution is -1.82. The maximum absolute atomic E-state index is 3.91. The molecule has 0 amide bonds. The topological polar surface area (TPSA) is 25.8 Å². The highest BCUT2D eigenvalue weighted by molar-refractivity contribution is 8.01. The molecule has 60 valence electrons. The Labute approximate surface area is 74.7 Å². The number of hydrogen-bond acceptors (Lipinski definition) is 4. The minimum absolute atomic E-state index is 0.964. The third kappa shape index (κ3) is 3.03. The Kier molecular flexibility index (Phi) is 3.59. The van der Waals surface area contributed by atoms with Gasteiger partial charge in [0.05, 0.1) is 0 Å². The normalized spacial score (nSPS) is 9.91. The quantitative estimate of drug-likeness (QED) is 0.534. The van der Waals surface area contributed by atoms with Gasteiger partial charge in [-0.3, -0.25) is 0 Å². The van der Waals surface area contributed by atoms with Crippen molar-refractivity contribution in [3.63, 3.8) is 0 Å². The van der Waals surface area contributed by atoms with Gasteiger partial charge >= 0.3 is 0 Å². The minimum Gasteiger partial charge on any atom is -0.146 e. The Morgan fingerprint density at radius 1 is 1.82 bits per heavy atom. The smallest absolute Gasteiger partial charge is 0.146 e. The fourth-order valence-corrected chi connectivity index (χ4v) is 1.99. The summed E-state index contributed by atoms with van der Waals surface area (Å²) in [7, 11) is 0. The van der Waals surface area contributed by atoms with Crippen molar-refractivity contribution < 1.29 is 0 Å². The second-order valence-electron chi connectivity index (χ2n) is 2.10. The lowest BCUT2D eigenvalue weighted by atomic mass is 10.3. The van der Waals surface area contributed by atoms with Crippen LogP contribution in [0.15, 0.2) is 22.0 Å². The van der Waals surface area contributed by atoms with Gasteiger partial charge in [0, 0.05) is 5.75 Å². The van der Waals surface area contributed by atoms with Crippen LogP contribution in [0.25, 0.3) is 0 Å². The molecule has 1 aromatic heterocycles. The van der Waals surface area contributed by atoms with Crippen LogP contribution in [0.2, 0.25) is 0 Å². The van der Waals surface area contributed by atoms with E-state index in [4.69, 9.17) is 0 Å². The molecule has 0 aliphatic heterocycles. The van der Waals surface area contributed by atoms with Crippen LogP contribution in [0.5, 0.6) is 0 Å². The molecule has 0 radical (unpaired) electrons. The van der Waals surface area contributed by atoms with E-state index in [0.29, 0.717) is 0 Å². The molecule has 0 fully saturated rings. The molecule has 1 heterocycles. The number of hydrogen-bond donors (Lipinski definition) is 0. The molecule has 2 nitrogen and oxygen atoms in total. The predicted molar refractivity (Wildman–Crippen MR) is 50.1 cm³/mol. The van der Waals surface area contributed by atoms with Gasteiger partial charge in [-0.1, -0.05) is 42.2 Å². The van der Waals surface area contributed by atoms with Crippen molar-refractivity contribution in [1.82, 2.24) is 10.2 Å². The highest BCUT2D eigenvalue weighted by Gasteiger charge is 1.97. The maximum atomic E-state index is 3.91. The van der Waals surface area contributed by atoms with Crippen molar-refractivity contribution in [3.8, 4) is 0 Å². The first-order valence-corrected chi connectivity index (χ1v) is 5.25. The summed E-state index contributed by atoms with van der Waals surface area (Å²) in [5, 5.41) is 7.66. The van der Waals surface area contributed by atoms with Crippen molar-refractivity contribution in [1.29, 1.82) is 0 Å². The molecule has 0 aromatic carbocycles. The largest absolute Gasteiger partial charge is 0.174 e. The van der Waals surface area contributed by atoms with Crippen LogP contribution in [-0.4, -0.2) is 16.0 Å². The van der Waals surface area contributed by atoms with Gasteiger partial charge < -0.3 is 0 Å². The zero-order valence-corrected chi connectivity index (χ0v) is 8.04. The summed E-state index contributed by atoms with van der Waals surface area (Å²) in [5.74, 6) is 0.964. The van der Waals surface area contributed by atoms with Crippen molar-refractivity contribution in [3.05, 3.63) is 17.7 Å². The molecule has 0 aliphatic carbocycles. The summed E-state index contributed by atoms with van der Waals surface area (Å²) in [6.07, 6.45) is 1.05. The number of thioether (sulfide) groups is 1. The van der Waals surface area contributed by atoms with E-state index in [9.17, 15) is 0 Å². The van der Waals surface area contributed by atoms with Gasteiger partial charge in [0.2, 0.25) is 0 Å². The number of nitrogens with zero attached hydrogens (tertiary/aromatic N) is 2. The van der Waals surface area contributed by atoms with Crippen LogP contribution >= 0.6 is 23.1 Å². The van der Waals surface area contributed by atoms with Gasteiger partial charge in [-0.25, -0.2) is 0 Å². The first-order valence-electron chi connectivity index (χ1n) is 3.38. The molecule has 0 N–H and O–H groups in total. The van der Waals surface area contributed by atoms with Crippen molar-refractivity contribution >= 4 is 23.1 Å². The van der Waals surface area contributed by atoms with Crippen LogP contribution in [0, 0.1) is 0 Å². The third-order valence-corrected chi connectivity index (χ3v) is 3.25. The number of aromatic nitrogens is 2. The standard InChI is InChI=1S/C7H10N2S2/c1-3-6(2)4-10-7-9-8-5-11-7/h5H,2-4H2,1H3. The Morgan fingerprint density at radius 3 is 3.18 bits per heavy atom. The SMILES string of the molecule is C=C(CC)CSc1nncs1. The lowest BCUT2D eigenvalue weighted by Gasteiger charge is -1.96. The monoisotopic (exact) mass is 186 g/mol. The summed E-state index contributed by atoms with van der Waals surface area (Å²) in [5.41, 5.74) is 3.00. The summed E-state index contributed by atoms with van der Waals surface area (Å²) in [4.78, 5) is 0. The van der Waals surface area contributed by atoms with E-state index >= 15 is 0 Å². The van der Waals surface area contributed by atoms with Crippen molar-refractivity contribution in [2.24, 2.45) is 0 Å². The molecule has 0 unspecified atom stereocenters. The van der Waals surface area contributed by atoms with Gasteiger partial charge in [-0.15, -0.1) is 10.2 Å². The Balaban J connectivity index is 2.29. The van der Waals surface area contributed by atoms with E-state index in [0.717, 1.165) is 16.5 Å². The first kappa shape index (κ1) is 8.74. The molecule has 0 saturated carbocycles. The fraction of sp³-hybridized carbons (Fsp3) is 0.429. The highest BCUT2D eigenvalue weighted by Crippen LogP contribution is 2.21. The molecule has 1 rings (SSSR count). The summed E-state index contributed by atoms with van der Waals surface area (Å²) in [6, 6.07) is 0. The molecule has 4 heteroatoms. The van der Waals surface area contributed by atoms with E-state index < -0.39 is 0 Å². The summed E-state index contributed by atoms with van der Waals surface area (Å²) < 4.78 is 1.03. The van der Waals surface area contributed by atoms with Gasteiger partial charge in [-0.05, 0) is 6.42 Å². The van der Waals surface area contributed by atoms with Crippen LogP contribution in [0.3, 0.4) is 0 Å².